The van der Waals surface area contributed by atoms with Crippen LogP contribution in [0.1, 0.15) is 230 Å². The second-order valence-electron chi connectivity index (χ2n) is 18.7. The molecule has 0 aliphatic heterocycles. The number of benzene rings is 4. The maximum atomic E-state index is 11.9. The second kappa shape index (κ2) is 34.2. The zero-order valence-electron chi connectivity index (χ0n) is 41.4. The van der Waals surface area contributed by atoms with Crippen LogP contribution < -0.4 is 0 Å². The SMILES string of the molecule is CCCCCCCCCc1ccc2cc(S(=O)(=O)[O-])c(CCCCCCCCC)cc2c1.CCCCCCCCCc1ccc2cc(S(=O)(=O)[O-])c(CCCCCCCCC)cc2c1.[Zn+2]. The molecule has 0 aliphatic rings. The van der Waals surface area contributed by atoms with Crippen LogP contribution in [0.4, 0.5) is 0 Å². The summed E-state index contributed by atoms with van der Waals surface area (Å²) in [6.45, 7) is 8.92. The third-order valence-corrected chi connectivity index (χ3v) is 14.8. The van der Waals surface area contributed by atoms with E-state index in [0.717, 1.165) is 60.1 Å². The van der Waals surface area contributed by atoms with E-state index in [1.54, 1.807) is 12.1 Å². The minimum atomic E-state index is -4.47. The van der Waals surface area contributed by atoms with Crippen molar-refractivity contribution in [2.24, 2.45) is 0 Å². The summed E-state index contributed by atoms with van der Waals surface area (Å²) in [4.78, 5) is -0.0633. The molecule has 0 spiro atoms. The molecule has 6 nitrogen and oxygen atoms in total. The average Bonchev–Trinajstić information content (AvgIpc) is 3.26. The van der Waals surface area contributed by atoms with Crippen LogP contribution in [0.3, 0.4) is 0 Å². The minimum absolute atomic E-state index is 0. The summed E-state index contributed by atoms with van der Waals surface area (Å²) in [5.74, 6) is 0. The average molecular weight is 985 g/mol. The second-order valence-corrected chi connectivity index (χ2v) is 21.4. The largest absolute Gasteiger partial charge is 2.00 e. The van der Waals surface area contributed by atoms with Crippen molar-refractivity contribution in [2.75, 3.05) is 0 Å². The Balaban J connectivity index is 0.000000440. The van der Waals surface area contributed by atoms with E-state index in [4.69, 9.17) is 0 Å². The van der Waals surface area contributed by atoms with Crippen molar-refractivity contribution in [1.82, 2.24) is 0 Å². The molecular formula is C56H86O6S2Zn. The van der Waals surface area contributed by atoms with Gasteiger partial charge in [0.05, 0.1) is 9.79 Å². The van der Waals surface area contributed by atoms with Gasteiger partial charge in [0.15, 0.2) is 0 Å². The number of unbranched alkanes of at least 4 members (excludes halogenated alkanes) is 24. The Kier molecular flexibility index (Phi) is 31.0. The monoisotopic (exact) mass is 983 g/mol. The van der Waals surface area contributed by atoms with Gasteiger partial charge in [-0.05, 0) is 119 Å². The van der Waals surface area contributed by atoms with Crippen molar-refractivity contribution in [3.05, 3.63) is 82.9 Å². The zero-order valence-corrected chi connectivity index (χ0v) is 46.0. The first-order valence-electron chi connectivity index (χ1n) is 25.9. The first-order valence-corrected chi connectivity index (χ1v) is 28.8. The molecule has 0 radical (unpaired) electrons. The molecule has 0 fully saturated rings. The molecule has 0 N–H and O–H groups in total. The Labute approximate surface area is 410 Å². The zero-order chi connectivity index (χ0) is 46.5. The van der Waals surface area contributed by atoms with E-state index in [1.807, 2.05) is 24.3 Å². The van der Waals surface area contributed by atoms with Crippen LogP contribution >= 0.6 is 0 Å². The smallest absolute Gasteiger partial charge is 0.744 e. The molecule has 0 amide bonds. The molecule has 4 aromatic rings. The summed E-state index contributed by atoms with van der Waals surface area (Å²) in [7, 11) is -8.93. The number of hydrogen-bond donors (Lipinski definition) is 0. The molecule has 360 valence electrons. The van der Waals surface area contributed by atoms with E-state index in [0.29, 0.717) is 24.0 Å². The van der Waals surface area contributed by atoms with Crippen LogP contribution in [0.5, 0.6) is 0 Å². The van der Waals surface area contributed by atoms with Crippen molar-refractivity contribution < 1.29 is 45.4 Å². The van der Waals surface area contributed by atoms with Gasteiger partial charge in [-0.15, -0.1) is 0 Å². The van der Waals surface area contributed by atoms with Gasteiger partial charge in [0.1, 0.15) is 20.2 Å². The number of aryl methyl sites for hydroxylation is 4. The van der Waals surface area contributed by atoms with Gasteiger partial charge in [0.2, 0.25) is 0 Å². The standard InChI is InChI=1S/2C28H44O3S.Zn/c2*1-3-5-7-9-11-13-15-17-24-19-20-25-23-28(32(29,30)31)26(22-27(25)21-24)18-16-14-12-10-8-6-4-2;/h2*19-23H,3-18H2,1-2H3,(H,29,30,31);/q;;+2/p-2. The van der Waals surface area contributed by atoms with Gasteiger partial charge in [0, 0.05) is 0 Å². The molecule has 4 aromatic carbocycles. The van der Waals surface area contributed by atoms with Gasteiger partial charge in [-0.1, -0.05) is 218 Å². The van der Waals surface area contributed by atoms with E-state index in [2.05, 4.69) is 52.0 Å². The van der Waals surface area contributed by atoms with Crippen LogP contribution in [0.2, 0.25) is 0 Å². The third-order valence-electron chi connectivity index (χ3n) is 12.9. The molecule has 65 heavy (non-hydrogen) atoms. The van der Waals surface area contributed by atoms with Crippen molar-refractivity contribution in [1.29, 1.82) is 0 Å². The molecule has 0 aromatic heterocycles. The van der Waals surface area contributed by atoms with Gasteiger partial charge >= 0.3 is 19.5 Å². The van der Waals surface area contributed by atoms with Gasteiger partial charge < -0.3 is 9.11 Å². The molecule has 0 saturated heterocycles. The van der Waals surface area contributed by atoms with Gasteiger partial charge in [-0.3, -0.25) is 0 Å². The normalized spacial score (nSPS) is 11.8. The summed E-state index contributed by atoms with van der Waals surface area (Å²) in [6.07, 6.45) is 38.0. The summed E-state index contributed by atoms with van der Waals surface area (Å²) in [5.41, 5.74) is 3.97. The molecule has 0 saturated carbocycles. The van der Waals surface area contributed by atoms with Crippen LogP contribution in [-0.2, 0) is 65.4 Å². The van der Waals surface area contributed by atoms with Crippen LogP contribution in [0.25, 0.3) is 21.5 Å². The first-order chi connectivity index (χ1) is 30.9. The number of fused-ring (bicyclic) bond motifs is 2. The summed E-state index contributed by atoms with van der Waals surface area (Å²) in [5, 5.41) is 3.78. The van der Waals surface area contributed by atoms with Crippen molar-refractivity contribution in [3.8, 4) is 0 Å². The van der Waals surface area contributed by atoms with E-state index < -0.39 is 20.2 Å². The third kappa shape index (κ3) is 24.1. The topological polar surface area (TPSA) is 114 Å². The Morgan fingerprint density at radius 1 is 0.323 bits per heavy atom. The fraction of sp³-hybridized carbons (Fsp3) is 0.643. The molecule has 0 heterocycles. The summed E-state index contributed by atoms with van der Waals surface area (Å²) < 4.78 is 71.3. The van der Waals surface area contributed by atoms with Gasteiger partial charge in [0.25, 0.3) is 0 Å². The van der Waals surface area contributed by atoms with E-state index in [9.17, 15) is 25.9 Å². The van der Waals surface area contributed by atoms with E-state index in [1.165, 1.54) is 165 Å². The van der Waals surface area contributed by atoms with E-state index in [-0.39, 0.29) is 29.3 Å². The molecule has 0 atom stereocenters. The van der Waals surface area contributed by atoms with Crippen LogP contribution in [0, 0.1) is 0 Å². The van der Waals surface area contributed by atoms with Crippen LogP contribution in [-0.4, -0.2) is 25.9 Å². The molecule has 0 bridgehead atoms. The maximum Gasteiger partial charge on any atom is 2.00 e. The first kappa shape index (κ1) is 59.0. The molecule has 0 aliphatic carbocycles. The molecule has 4 rings (SSSR count). The maximum absolute atomic E-state index is 11.9. The summed E-state index contributed by atoms with van der Waals surface area (Å²) >= 11 is 0. The fourth-order valence-corrected chi connectivity index (χ4v) is 10.5. The van der Waals surface area contributed by atoms with E-state index >= 15 is 0 Å². The quantitative estimate of drug-likeness (QED) is 0.0262. The van der Waals surface area contributed by atoms with Gasteiger partial charge in [-0.2, -0.15) is 0 Å². The van der Waals surface area contributed by atoms with Crippen molar-refractivity contribution in [3.63, 3.8) is 0 Å². The van der Waals surface area contributed by atoms with Gasteiger partial charge in [-0.25, -0.2) is 16.8 Å². The van der Waals surface area contributed by atoms with Crippen LogP contribution in [0.15, 0.2) is 70.5 Å². The number of rotatable bonds is 34. The summed E-state index contributed by atoms with van der Waals surface area (Å²) in [6, 6.07) is 19.5. The van der Waals surface area contributed by atoms with Crippen molar-refractivity contribution in [2.45, 2.75) is 243 Å². The molecule has 9 heteroatoms. The Hall–Kier alpha value is -2.16. The van der Waals surface area contributed by atoms with Crippen molar-refractivity contribution >= 4 is 41.8 Å². The predicted molar refractivity (Wildman–Crippen MR) is 271 cm³/mol. The Morgan fingerprint density at radius 3 is 0.862 bits per heavy atom. The Morgan fingerprint density at radius 2 is 0.585 bits per heavy atom. The minimum Gasteiger partial charge on any atom is -0.744 e. The molecule has 0 unspecified atom stereocenters. The predicted octanol–water partition coefficient (Wildman–Crippen LogP) is 16.7. The molecular weight excluding hydrogens is 898 g/mol. The number of hydrogen-bond acceptors (Lipinski definition) is 6. The Bertz CT molecular complexity index is 1960. The fourth-order valence-electron chi connectivity index (χ4n) is 9.03.